The summed E-state index contributed by atoms with van der Waals surface area (Å²) < 4.78 is 5.26. The van der Waals surface area contributed by atoms with Gasteiger partial charge in [-0.25, -0.2) is 4.79 Å². The van der Waals surface area contributed by atoms with Crippen molar-refractivity contribution < 1.29 is 19.1 Å². The molecule has 1 aliphatic rings. The summed E-state index contributed by atoms with van der Waals surface area (Å²) in [6.45, 7) is 4.03. The average Bonchev–Trinajstić information content (AvgIpc) is 3.10. The average molecular weight is 401 g/mol. The minimum absolute atomic E-state index is 0.0805. The first kappa shape index (κ1) is 19.9. The number of aryl methyl sites for hydroxylation is 1. The molecule has 3 rings (SSSR count). The Morgan fingerprint density at radius 3 is 2.54 bits per heavy atom. The summed E-state index contributed by atoms with van der Waals surface area (Å²) in [5.74, 6) is -0.973. The highest BCUT2D eigenvalue weighted by Gasteiger charge is 2.23. The van der Waals surface area contributed by atoms with E-state index in [9.17, 15) is 14.4 Å². The molecular weight excluding hydrogens is 380 g/mol. The zero-order valence-corrected chi connectivity index (χ0v) is 16.5. The summed E-state index contributed by atoms with van der Waals surface area (Å²) in [4.78, 5) is 38.1. The van der Waals surface area contributed by atoms with E-state index in [1.807, 2.05) is 6.92 Å². The number of carbonyl (C=O) groups is 3. The number of carbonyl (C=O) groups excluding carboxylic acids is 3. The van der Waals surface area contributed by atoms with Gasteiger partial charge in [0, 0.05) is 29.4 Å². The van der Waals surface area contributed by atoms with E-state index >= 15 is 0 Å². The number of anilines is 2. The van der Waals surface area contributed by atoms with Gasteiger partial charge in [-0.15, -0.1) is 0 Å². The first-order valence-corrected chi connectivity index (χ1v) is 9.41. The predicted octanol–water partition coefficient (Wildman–Crippen LogP) is 3.96. The van der Waals surface area contributed by atoms with Gasteiger partial charge in [-0.05, 0) is 62.2 Å². The number of halogens is 1. The number of rotatable bonds is 5. The van der Waals surface area contributed by atoms with Gasteiger partial charge in [0.1, 0.15) is 0 Å². The van der Waals surface area contributed by atoms with Crippen molar-refractivity contribution in [3.63, 3.8) is 0 Å². The summed E-state index contributed by atoms with van der Waals surface area (Å²) in [5.41, 5.74) is 2.48. The van der Waals surface area contributed by atoms with Gasteiger partial charge in [-0.1, -0.05) is 17.7 Å². The molecule has 28 heavy (non-hydrogen) atoms. The Kier molecular flexibility index (Phi) is 5.99. The molecule has 0 saturated carbocycles. The van der Waals surface area contributed by atoms with Crippen LogP contribution in [0.3, 0.4) is 0 Å². The van der Waals surface area contributed by atoms with Crippen molar-refractivity contribution in [2.75, 3.05) is 16.8 Å². The molecule has 2 amide bonds. The Hall–Kier alpha value is -2.86. The van der Waals surface area contributed by atoms with Gasteiger partial charge in [-0.2, -0.15) is 0 Å². The molecule has 1 saturated heterocycles. The molecule has 0 bridgehead atoms. The van der Waals surface area contributed by atoms with Gasteiger partial charge in [0.05, 0.1) is 5.56 Å². The molecule has 1 fully saturated rings. The van der Waals surface area contributed by atoms with Crippen molar-refractivity contribution in [1.29, 1.82) is 0 Å². The maximum Gasteiger partial charge on any atom is 0.338 e. The van der Waals surface area contributed by atoms with Crippen LogP contribution < -0.4 is 10.2 Å². The van der Waals surface area contributed by atoms with E-state index in [0.29, 0.717) is 29.2 Å². The van der Waals surface area contributed by atoms with Crippen LogP contribution in [0.2, 0.25) is 5.02 Å². The van der Waals surface area contributed by atoms with Crippen LogP contribution in [0.4, 0.5) is 11.4 Å². The summed E-state index contributed by atoms with van der Waals surface area (Å²) in [6.07, 6.45) is 0.398. The smallest absolute Gasteiger partial charge is 0.338 e. The molecule has 2 aromatic carbocycles. The van der Waals surface area contributed by atoms with Gasteiger partial charge in [0.15, 0.2) is 6.10 Å². The van der Waals surface area contributed by atoms with Crippen molar-refractivity contribution >= 4 is 40.8 Å². The van der Waals surface area contributed by atoms with Crippen LogP contribution in [0.5, 0.6) is 0 Å². The molecule has 1 N–H and O–H groups in total. The molecule has 146 valence electrons. The van der Waals surface area contributed by atoms with Crippen LogP contribution in [0, 0.1) is 6.92 Å². The number of nitrogens with one attached hydrogen (secondary N) is 1. The lowest BCUT2D eigenvalue weighted by molar-refractivity contribution is -0.123. The van der Waals surface area contributed by atoms with Gasteiger partial charge >= 0.3 is 5.97 Å². The number of hydrogen-bond acceptors (Lipinski definition) is 4. The predicted molar refractivity (Wildman–Crippen MR) is 108 cm³/mol. The van der Waals surface area contributed by atoms with Gasteiger partial charge in [-0.3, -0.25) is 9.59 Å². The van der Waals surface area contributed by atoms with E-state index in [4.69, 9.17) is 16.3 Å². The van der Waals surface area contributed by atoms with Crippen molar-refractivity contribution in [2.24, 2.45) is 0 Å². The minimum Gasteiger partial charge on any atom is -0.449 e. The third kappa shape index (κ3) is 4.51. The van der Waals surface area contributed by atoms with Crippen molar-refractivity contribution in [2.45, 2.75) is 32.8 Å². The quantitative estimate of drug-likeness (QED) is 0.771. The Morgan fingerprint density at radius 1 is 1.18 bits per heavy atom. The summed E-state index contributed by atoms with van der Waals surface area (Å²) >= 11 is 5.95. The molecule has 0 aliphatic carbocycles. The Morgan fingerprint density at radius 2 is 1.89 bits per heavy atom. The third-order valence-corrected chi connectivity index (χ3v) is 4.83. The Labute approximate surface area is 168 Å². The lowest BCUT2D eigenvalue weighted by Gasteiger charge is -2.17. The fourth-order valence-electron chi connectivity index (χ4n) is 2.94. The zero-order chi connectivity index (χ0) is 20.3. The second-order valence-corrected chi connectivity index (χ2v) is 7.13. The number of nitrogens with zero attached hydrogens (tertiary/aromatic N) is 1. The molecular formula is C21H21ClN2O4. The fourth-order valence-corrected chi connectivity index (χ4v) is 3.12. The van der Waals surface area contributed by atoms with E-state index in [0.717, 1.165) is 17.7 Å². The topological polar surface area (TPSA) is 75.7 Å². The molecule has 0 aromatic heterocycles. The summed E-state index contributed by atoms with van der Waals surface area (Å²) in [7, 11) is 0. The van der Waals surface area contributed by atoms with Crippen LogP contribution in [0.1, 0.15) is 35.7 Å². The second kappa shape index (κ2) is 8.44. The third-order valence-electron chi connectivity index (χ3n) is 4.60. The second-order valence-electron chi connectivity index (χ2n) is 6.69. The minimum atomic E-state index is -0.981. The maximum absolute atomic E-state index is 12.3. The van der Waals surface area contributed by atoms with Gasteiger partial charge in [0.25, 0.3) is 5.91 Å². The molecule has 6 nitrogen and oxygen atoms in total. The van der Waals surface area contributed by atoms with E-state index in [2.05, 4.69) is 5.32 Å². The first-order valence-electron chi connectivity index (χ1n) is 9.03. The number of benzene rings is 2. The maximum atomic E-state index is 12.3. The lowest BCUT2D eigenvalue weighted by Crippen LogP contribution is -2.30. The summed E-state index contributed by atoms with van der Waals surface area (Å²) in [6, 6.07) is 11.8. The normalized spacial score (nSPS) is 14.7. The molecule has 7 heteroatoms. The monoisotopic (exact) mass is 400 g/mol. The van der Waals surface area contributed by atoms with Gasteiger partial charge in [0.2, 0.25) is 5.91 Å². The van der Waals surface area contributed by atoms with Crippen LogP contribution in [0.25, 0.3) is 0 Å². The molecule has 0 spiro atoms. The highest BCUT2D eigenvalue weighted by atomic mass is 35.5. The van der Waals surface area contributed by atoms with E-state index in [-0.39, 0.29) is 5.91 Å². The first-order chi connectivity index (χ1) is 13.3. The molecule has 1 atom stereocenters. The Balaban J connectivity index is 1.61. The molecule has 1 aliphatic heterocycles. The molecule has 0 unspecified atom stereocenters. The number of amides is 2. The lowest BCUT2D eigenvalue weighted by atomic mass is 10.2. The van der Waals surface area contributed by atoms with E-state index < -0.39 is 18.0 Å². The summed E-state index contributed by atoms with van der Waals surface area (Å²) in [5, 5.41) is 3.22. The highest BCUT2D eigenvalue weighted by Crippen LogP contribution is 2.23. The zero-order valence-electron chi connectivity index (χ0n) is 15.7. The van der Waals surface area contributed by atoms with E-state index in [1.165, 1.54) is 6.92 Å². The number of esters is 1. The van der Waals surface area contributed by atoms with Crippen molar-refractivity contribution in [1.82, 2.24) is 0 Å². The fraction of sp³-hybridized carbons (Fsp3) is 0.286. The number of ether oxygens (including phenoxy) is 1. The van der Waals surface area contributed by atoms with Crippen LogP contribution in [-0.4, -0.2) is 30.4 Å². The van der Waals surface area contributed by atoms with Crippen molar-refractivity contribution in [3.05, 3.63) is 58.6 Å². The van der Waals surface area contributed by atoms with Crippen LogP contribution >= 0.6 is 11.6 Å². The van der Waals surface area contributed by atoms with Gasteiger partial charge < -0.3 is 15.0 Å². The van der Waals surface area contributed by atoms with Crippen LogP contribution in [-0.2, 0) is 14.3 Å². The van der Waals surface area contributed by atoms with Crippen molar-refractivity contribution in [3.8, 4) is 0 Å². The Bertz CT molecular complexity index is 911. The van der Waals surface area contributed by atoms with Crippen LogP contribution in [0.15, 0.2) is 42.5 Å². The largest absolute Gasteiger partial charge is 0.449 e. The highest BCUT2D eigenvalue weighted by molar-refractivity contribution is 6.31. The molecule has 0 radical (unpaired) electrons. The SMILES string of the molecule is Cc1ccc(Cl)cc1NC(=O)[C@H](C)OC(=O)c1ccc(N2CCCC2=O)cc1. The molecule has 1 heterocycles. The standard InChI is InChI=1S/C21H21ClN2O4/c1-13-5-8-16(22)12-18(13)23-20(26)14(2)28-21(27)15-6-9-17(10-7-15)24-11-3-4-19(24)25/h5-10,12,14H,3-4,11H2,1-2H3,(H,23,26)/t14-/m0/s1. The van der Waals surface area contributed by atoms with E-state index in [1.54, 1.807) is 47.4 Å². The number of hydrogen-bond donors (Lipinski definition) is 1. The molecule has 2 aromatic rings.